The lowest BCUT2D eigenvalue weighted by Gasteiger charge is -2.14. The molecule has 19 heavy (non-hydrogen) atoms. The summed E-state index contributed by atoms with van der Waals surface area (Å²) in [6.07, 6.45) is -0.0174. The Morgan fingerprint density at radius 1 is 1.21 bits per heavy atom. The number of amides is 1. The number of benzene rings is 1. The van der Waals surface area contributed by atoms with E-state index in [1.807, 2.05) is 0 Å². The molecule has 9 heteroatoms. The molecule has 0 atom stereocenters. The van der Waals surface area contributed by atoms with E-state index in [4.69, 9.17) is 10.7 Å². The summed E-state index contributed by atoms with van der Waals surface area (Å²) in [5.41, 5.74) is 0.517. The molecule has 0 radical (unpaired) electrons. The minimum atomic E-state index is -3.81. The van der Waals surface area contributed by atoms with E-state index >= 15 is 0 Å². The molecule has 1 aliphatic rings. The lowest BCUT2D eigenvalue weighted by Crippen LogP contribution is -2.28. The molecule has 1 aromatic rings. The maximum atomic E-state index is 11.6. The Morgan fingerprint density at radius 2 is 1.79 bits per heavy atom. The van der Waals surface area contributed by atoms with E-state index in [9.17, 15) is 21.6 Å². The molecule has 0 aliphatic carbocycles. The smallest absolute Gasteiger partial charge is 0.261 e. The molecular formula is C10H10ClNO5S2. The van der Waals surface area contributed by atoms with Crippen LogP contribution in [-0.2, 0) is 30.4 Å². The van der Waals surface area contributed by atoms with Gasteiger partial charge in [-0.1, -0.05) is 12.1 Å². The fourth-order valence-corrected chi connectivity index (χ4v) is 3.89. The summed E-state index contributed by atoms with van der Waals surface area (Å²) < 4.78 is 46.1. The van der Waals surface area contributed by atoms with Gasteiger partial charge in [0.15, 0.2) is 0 Å². The predicted molar refractivity (Wildman–Crippen MR) is 68.4 cm³/mol. The molecule has 1 saturated heterocycles. The second-order valence-electron chi connectivity index (χ2n) is 4.05. The fourth-order valence-electron chi connectivity index (χ4n) is 1.72. The summed E-state index contributed by atoms with van der Waals surface area (Å²) in [5.74, 6) is -0.631. The molecule has 104 valence electrons. The average molecular weight is 324 g/mol. The Balaban J connectivity index is 2.23. The minimum absolute atomic E-state index is 0.0174. The van der Waals surface area contributed by atoms with Crippen molar-refractivity contribution in [3.63, 3.8) is 0 Å². The van der Waals surface area contributed by atoms with E-state index in [-0.39, 0.29) is 23.6 Å². The van der Waals surface area contributed by atoms with E-state index in [1.165, 1.54) is 24.3 Å². The summed E-state index contributed by atoms with van der Waals surface area (Å²) in [4.78, 5) is 11.4. The normalized spacial score (nSPS) is 18.8. The van der Waals surface area contributed by atoms with Crippen molar-refractivity contribution < 1.29 is 21.6 Å². The van der Waals surface area contributed by atoms with E-state index in [1.54, 1.807) is 0 Å². The summed E-state index contributed by atoms with van der Waals surface area (Å²) in [6, 6.07) is 5.39. The highest BCUT2D eigenvalue weighted by Gasteiger charge is 2.34. The van der Waals surface area contributed by atoms with E-state index in [2.05, 4.69) is 0 Å². The number of carbonyl (C=O) groups is 1. The monoisotopic (exact) mass is 323 g/mol. The number of sulfonamides is 1. The van der Waals surface area contributed by atoms with Gasteiger partial charge in [-0.15, -0.1) is 0 Å². The maximum absolute atomic E-state index is 11.6. The Labute approximate surface area is 115 Å². The van der Waals surface area contributed by atoms with Gasteiger partial charge >= 0.3 is 0 Å². The molecule has 0 saturated carbocycles. The Bertz CT molecular complexity index is 709. The number of halogens is 1. The topological polar surface area (TPSA) is 88.6 Å². The third kappa shape index (κ3) is 3.07. The van der Waals surface area contributed by atoms with Crippen LogP contribution in [0.3, 0.4) is 0 Å². The number of carbonyl (C=O) groups excluding carboxylic acids is 1. The third-order valence-corrected chi connectivity index (χ3v) is 5.81. The van der Waals surface area contributed by atoms with Crippen molar-refractivity contribution >= 4 is 35.7 Å². The number of nitrogens with zero attached hydrogens (tertiary/aromatic N) is 1. The number of rotatable bonds is 3. The molecule has 0 bridgehead atoms. The SMILES string of the molecule is O=C1CCS(=O)(=O)N1Cc1ccc(S(=O)(=O)Cl)cc1. The number of hydrogen-bond donors (Lipinski definition) is 0. The third-order valence-electron chi connectivity index (χ3n) is 2.72. The first-order chi connectivity index (χ1) is 8.70. The van der Waals surface area contributed by atoms with Crippen LogP contribution in [0.4, 0.5) is 0 Å². The Hall–Kier alpha value is -1.12. The predicted octanol–water partition coefficient (Wildman–Crippen LogP) is 0.676. The van der Waals surface area contributed by atoms with Gasteiger partial charge in [-0.2, -0.15) is 0 Å². The lowest BCUT2D eigenvalue weighted by atomic mass is 10.2. The van der Waals surface area contributed by atoms with Crippen molar-refractivity contribution in [2.75, 3.05) is 5.75 Å². The molecule has 0 spiro atoms. The number of hydrogen-bond acceptors (Lipinski definition) is 5. The van der Waals surface area contributed by atoms with Crippen molar-refractivity contribution in [2.45, 2.75) is 17.9 Å². The Morgan fingerprint density at radius 3 is 2.21 bits per heavy atom. The standard InChI is InChI=1S/C10H10ClNO5S2/c11-19(16,17)9-3-1-8(2-4-9)7-12-10(13)5-6-18(12,14)15/h1-4H,5-7H2. The van der Waals surface area contributed by atoms with Crippen LogP contribution in [0.15, 0.2) is 29.2 Å². The van der Waals surface area contributed by atoms with Crippen LogP contribution in [0.1, 0.15) is 12.0 Å². The van der Waals surface area contributed by atoms with Crippen molar-refractivity contribution in [2.24, 2.45) is 0 Å². The van der Waals surface area contributed by atoms with Crippen LogP contribution < -0.4 is 0 Å². The summed E-state index contributed by atoms with van der Waals surface area (Å²) in [7, 11) is -2.18. The highest BCUT2D eigenvalue weighted by molar-refractivity contribution is 8.13. The van der Waals surface area contributed by atoms with Crippen LogP contribution in [0, 0.1) is 0 Å². The molecule has 6 nitrogen and oxygen atoms in total. The van der Waals surface area contributed by atoms with Crippen molar-refractivity contribution in [3.05, 3.63) is 29.8 Å². The summed E-state index contributed by atoms with van der Waals surface area (Å²) in [5, 5.41) is 0. The van der Waals surface area contributed by atoms with Gasteiger partial charge in [0.05, 0.1) is 17.2 Å². The fraction of sp³-hybridized carbons (Fsp3) is 0.300. The first-order valence-corrected chi connectivity index (χ1v) is 9.19. The minimum Gasteiger partial charge on any atom is -0.274 e. The molecule has 1 aliphatic heterocycles. The van der Waals surface area contributed by atoms with Crippen LogP contribution >= 0.6 is 10.7 Å². The van der Waals surface area contributed by atoms with E-state index in [0.29, 0.717) is 5.56 Å². The molecular weight excluding hydrogens is 314 g/mol. The van der Waals surface area contributed by atoms with E-state index < -0.39 is 25.0 Å². The highest BCUT2D eigenvalue weighted by Crippen LogP contribution is 2.20. The van der Waals surface area contributed by atoms with Gasteiger partial charge in [0.1, 0.15) is 0 Å². The van der Waals surface area contributed by atoms with Gasteiger partial charge in [0.2, 0.25) is 15.9 Å². The molecule has 0 aromatic heterocycles. The van der Waals surface area contributed by atoms with Crippen LogP contribution in [0.2, 0.25) is 0 Å². The first kappa shape index (κ1) is 14.3. The highest BCUT2D eigenvalue weighted by atomic mass is 35.7. The Kier molecular flexibility index (Phi) is 3.59. The largest absolute Gasteiger partial charge is 0.274 e. The lowest BCUT2D eigenvalue weighted by molar-refractivity contribution is -0.125. The summed E-state index contributed by atoms with van der Waals surface area (Å²) >= 11 is 0. The molecule has 1 aromatic carbocycles. The molecule has 1 amide bonds. The second-order valence-corrected chi connectivity index (χ2v) is 8.63. The quantitative estimate of drug-likeness (QED) is 0.763. The van der Waals surface area contributed by atoms with Crippen LogP contribution in [0.25, 0.3) is 0 Å². The average Bonchev–Trinajstić information content (AvgIpc) is 2.56. The van der Waals surface area contributed by atoms with Crippen LogP contribution in [-0.4, -0.2) is 32.8 Å². The zero-order chi connectivity index (χ0) is 14.3. The zero-order valence-corrected chi connectivity index (χ0v) is 12.0. The molecule has 0 N–H and O–H groups in total. The van der Waals surface area contributed by atoms with Crippen molar-refractivity contribution in [1.29, 1.82) is 0 Å². The molecule has 0 unspecified atom stereocenters. The van der Waals surface area contributed by atoms with Gasteiger partial charge in [-0.3, -0.25) is 4.79 Å². The van der Waals surface area contributed by atoms with Gasteiger partial charge in [0.25, 0.3) is 9.05 Å². The van der Waals surface area contributed by atoms with Crippen molar-refractivity contribution in [1.82, 2.24) is 4.31 Å². The van der Waals surface area contributed by atoms with Gasteiger partial charge < -0.3 is 0 Å². The second kappa shape index (κ2) is 4.77. The molecule has 2 rings (SSSR count). The van der Waals surface area contributed by atoms with Gasteiger partial charge in [-0.25, -0.2) is 21.1 Å². The zero-order valence-electron chi connectivity index (χ0n) is 9.61. The van der Waals surface area contributed by atoms with Gasteiger partial charge in [0, 0.05) is 17.1 Å². The van der Waals surface area contributed by atoms with Crippen molar-refractivity contribution in [3.8, 4) is 0 Å². The summed E-state index contributed by atoms with van der Waals surface area (Å²) in [6.45, 7) is -0.0935. The maximum Gasteiger partial charge on any atom is 0.261 e. The van der Waals surface area contributed by atoms with E-state index in [0.717, 1.165) is 4.31 Å². The molecule has 1 fully saturated rings. The first-order valence-electron chi connectivity index (χ1n) is 5.27. The van der Waals surface area contributed by atoms with Crippen LogP contribution in [0.5, 0.6) is 0 Å². The van der Waals surface area contributed by atoms with Gasteiger partial charge in [-0.05, 0) is 17.7 Å². The molecule has 1 heterocycles.